The number of nitrogens with one attached hydrogen (secondary N) is 1. The number of halogens is 2. The predicted octanol–water partition coefficient (Wildman–Crippen LogP) is 2.28. The van der Waals surface area contributed by atoms with Crippen molar-refractivity contribution in [2.24, 2.45) is 0 Å². The second-order valence-corrected chi connectivity index (χ2v) is 5.77. The minimum atomic E-state index is -0.757. The number of benzene rings is 1. The van der Waals surface area contributed by atoms with Gasteiger partial charge in [-0.05, 0) is 37.6 Å². The third kappa shape index (κ3) is 5.03. The molecular formula is C17H19ClFN3O4. The molecule has 0 spiro atoms. The van der Waals surface area contributed by atoms with Crippen molar-refractivity contribution in [1.82, 2.24) is 15.1 Å². The first-order valence-corrected chi connectivity index (χ1v) is 8.25. The van der Waals surface area contributed by atoms with Crippen LogP contribution in [-0.2, 0) is 14.3 Å². The highest BCUT2D eigenvalue weighted by molar-refractivity contribution is 6.33. The number of esters is 1. The van der Waals surface area contributed by atoms with Crippen LogP contribution >= 0.6 is 11.6 Å². The minimum Gasteiger partial charge on any atom is -0.452 e. The van der Waals surface area contributed by atoms with E-state index in [2.05, 4.69) is 10.4 Å². The average molecular weight is 384 g/mol. The quantitative estimate of drug-likeness (QED) is 0.558. The second-order valence-electron chi connectivity index (χ2n) is 5.41. The van der Waals surface area contributed by atoms with Gasteiger partial charge in [0.1, 0.15) is 16.5 Å². The molecule has 1 aromatic heterocycles. The van der Waals surface area contributed by atoms with E-state index in [4.69, 9.17) is 21.1 Å². The molecule has 0 unspecified atom stereocenters. The minimum absolute atomic E-state index is 0.0274. The molecule has 1 N–H and O–H groups in total. The Hall–Kier alpha value is -2.45. The molecule has 0 aliphatic carbocycles. The lowest BCUT2D eigenvalue weighted by Gasteiger charge is -2.06. The van der Waals surface area contributed by atoms with Crippen LogP contribution in [0.4, 0.5) is 4.39 Å². The van der Waals surface area contributed by atoms with Crippen molar-refractivity contribution in [2.45, 2.75) is 13.3 Å². The molecule has 1 amide bonds. The lowest BCUT2D eigenvalue weighted by Crippen LogP contribution is -2.30. The molecule has 0 saturated heterocycles. The number of methoxy groups -OCH3 is 1. The lowest BCUT2D eigenvalue weighted by atomic mass is 10.2. The van der Waals surface area contributed by atoms with Crippen LogP contribution in [0.1, 0.15) is 22.5 Å². The molecule has 2 aromatic rings. The van der Waals surface area contributed by atoms with Gasteiger partial charge in [-0.2, -0.15) is 5.10 Å². The number of hydrogen-bond donors (Lipinski definition) is 1. The summed E-state index contributed by atoms with van der Waals surface area (Å²) in [6.07, 6.45) is 0.658. The Labute approximate surface area is 155 Å². The van der Waals surface area contributed by atoms with E-state index in [9.17, 15) is 14.0 Å². The molecule has 0 aliphatic heterocycles. The number of rotatable bonds is 8. The van der Waals surface area contributed by atoms with Gasteiger partial charge in [-0.15, -0.1) is 0 Å². The third-order valence-electron chi connectivity index (χ3n) is 3.46. The third-order valence-corrected chi connectivity index (χ3v) is 3.81. The summed E-state index contributed by atoms with van der Waals surface area (Å²) in [5, 5.41) is 6.81. The van der Waals surface area contributed by atoms with Crippen LogP contribution in [0.3, 0.4) is 0 Å². The normalized spacial score (nSPS) is 10.6. The summed E-state index contributed by atoms with van der Waals surface area (Å²) in [6.45, 7) is 2.11. The number of nitrogens with zero attached hydrogens (tertiary/aromatic N) is 2. The van der Waals surface area contributed by atoms with E-state index in [1.165, 1.54) is 28.9 Å². The fourth-order valence-electron chi connectivity index (χ4n) is 2.18. The van der Waals surface area contributed by atoms with Crippen molar-refractivity contribution in [3.63, 3.8) is 0 Å². The number of carbonyl (C=O) groups excluding carboxylic acids is 2. The van der Waals surface area contributed by atoms with Gasteiger partial charge >= 0.3 is 5.97 Å². The number of ether oxygens (including phenoxy) is 2. The Kier molecular flexibility index (Phi) is 7.11. The Morgan fingerprint density at radius 2 is 2.00 bits per heavy atom. The number of carbonyl (C=O) groups is 2. The largest absolute Gasteiger partial charge is 0.452 e. The van der Waals surface area contributed by atoms with Gasteiger partial charge in [0.25, 0.3) is 5.91 Å². The SMILES string of the molecule is COCCCNC(=O)COC(=O)c1c(C)nn(-c2ccc(F)cc2)c1Cl. The van der Waals surface area contributed by atoms with Crippen LogP contribution in [0.5, 0.6) is 0 Å². The van der Waals surface area contributed by atoms with Crippen molar-refractivity contribution < 1.29 is 23.5 Å². The highest BCUT2D eigenvalue weighted by Crippen LogP contribution is 2.24. The fraction of sp³-hybridized carbons (Fsp3) is 0.353. The molecule has 0 aliphatic rings. The van der Waals surface area contributed by atoms with Crippen LogP contribution in [0.25, 0.3) is 5.69 Å². The maximum Gasteiger partial charge on any atom is 0.343 e. The Balaban J connectivity index is 2.01. The van der Waals surface area contributed by atoms with Gasteiger partial charge in [0.2, 0.25) is 0 Å². The molecule has 0 saturated carbocycles. The van der Waals surface area contributed by atoms with Crippen molar-refractivity contribution in [2.75, 3.05) is 26.9 Å². The predicted molar refractivity (Wildman–Crippen MR) is 93.1 cm³/mol. The summed E-state index contributed by atoms with van der Waals surface area (Å²) >= 11 is 6.22. The van der Waals surface area contributed by atoms with E-state index in [-0.39, 0.29) is 10.7 Å². The van der Waals surface area contributed by atoms with Gasteiger partial charge in [-0.25, -0.2) is 13.9 Å². The lowest BCUT2D eigenvalue weighted by molar-refractivity contribution is -0.124. The Morgan fingerprint density at radius 3 is 2.65 bits per heavy atom. The Bertz CT molecular complexity index is 777. The summed E-state index contributed by atoms with van der Waals surface area (Å²) in [7, 11) is 1.57. The maximum atomic E-state index is 13.0. The van der Waals surface area contributed by atoms with Gasteiger partial charge in [-0.3, -0.25) is 4.79 Å². The van der Waals surface area contributed by atoms with E-state index in [1.54, 1.807) is 14.0 Å². The van der Waals surface area contributed by atoms with E-state index in [0.717, 1.165) is 0 Å². The standard InChI is InChI=1S/C17H19ClFN3O4/c1-11-15(17(24)26-10-14(23)20-8-3-9-25-2)16(18)22(21-11)13-6-4-12(19)5-7-13/h4-7H,3,8-10H2,1-2H3,(H,20,23). The van der Waals surface area contributed by atoms with Gasteiger partial charge in [0.15, 0.2) is 6.61 Å². The topological polar surface area (TPSA) is 82.4 Å². The first kappa shape index (κ1) is 19.9. The molecule has 0 atom stereocenters. The van der Waals surface area contributed by atoms with Crippen molar-refractivity contribution >= 4 is 23.5 Å². The highest BCUT2D eigenvalue weighted by atomic mass is 35.5. The average Bonchev–Trinajstić information content (AvgIpc) is 2.92. The maximum absolute atomic E-state index is 13.0. The van der Waals surface area contributed by atoms with E-state index >= 15 is 0 Å². The van der Waals surface area contributed by atoms with Crippen molar-refractivity contribution in [3.05, 3.63) is 46.5 Å². The molecule has 9 heteroatoms. The number of hydrogen-bond acceptors (Lipinski definition) is 5. The van der Waals surface area contributed by atoms with Crippen molar-refractivity contribution in [1.29, 1.82) is 0 Å². The zero-order valence-corrected chi connectivity index (χ0v) is 15.2. The molecule has 140 valence electrons. The monoisotopic (exact) mass is 383 g/mol. The summed E-state index contributed by atoms with van der Waals surface area (Å²) < 4.78 is 24.2. The molecule has 0 radical (unpaired) electrons. The molecule has 0 fully saturated rings. The summed E-state index contributed by atoms with van der Waals surface area (Å²) in [5.41, 5.74) is 0.891. The Morgan fingerprint density at radius 1 is 1.31 bits per heavy atom. The van der Waals surface area contributed by atoms with Crippen LogP contribution in [0.15, 0.2) is 24.3 Å². The molecule has 0 bridgehead atoms. The van der Waals surface area contributed by atoms with E-state index in [0.29, 0.717) is 31.0 Å². The zero-order valence-electron chi connectivity index (χ0n) is 14.4. The summed E-state index contributed by atoms with van der Waals surface area (Å²) in [5.74, 6) is -1.58. The zero-order chi connectivity index (χ0) is 19.1. The fourth-order valence-corrected chi connectivity index (χ4v) is 2.53. The molecule has 7 nitrogen and oxygen atoms in total. The number of aromatic nitrogens is 2. The number of amides is 1. The van der Waals surface area contributed by atoms with E-state index < -0.39 is 24.3 Å². The molecular weight excluding hydrogens is 365 g/mol. The van der Waals surface area contributed by atoms with Crippen LogP contribution in [0.2, 0.25) is 5.15 Å². The van der Waals surface area contributed by atoms with Crippen LogP contribution in [0, 0.1) is 12.7 Å². The summed E-state index contributed by atoms with van der Waals surface area (Å²) in [4.78, 5) is 23.9. The highest BCUT2D eigenvalue weighted by Gasteiger charge is 2.23. The molecule has 1 heterocycles. The van der Waals surface area contributed by atoms with Gasteiger partial charge in [0, 0.05) is 20.3 Å². The van der Waals surface area contributed by atoms with Crippen LogP contribution in [-0.4, -0.2) is 48.5 Å². The van der Waals surface area contributed by atoms with E-state index in [1.807, 2.05) is 0 Å². The van der Waals surface area contributed by atoms with Gasteiger partial charge in [0.05, 0.1) is 11.4 Å². The van der Waals surface area contributed by atoms with Gasteiger partial charge < -0.3 is 14.8 Å². The first-order valence-electron chi connectivity index (χ1n) is 7.88. The summed E-state index contributed by atoms with van der Waals surface area (Å²) in [6, 6.07) is 5.48. The number of aryl methyl sites for hydroxylation is 1. The van der Waals surface area contributed by atoms with Crippen molar-refractivity contribution in [3.8, 4) is 5.69 Å². The molecule has 2 rings (SSSR count). The first-order chi connectivity index (χ1) is 12.4. The molecule has 1 aromatic carbocycles. The molecule has 26 heavy (non-hydrogen) atoms. The smallest absolute Gasteiger partial charge is 0.343 e. The van der Waals surface area contributed by atoms with Crippen LogP contribution < -0.4 is 5.32 Å². The second kappa shape index (κ2) is 9.30. The van der Waals surface area contributed by atoms with Gasteiger partial charge in [-0.1, -0.05) is 11.6 Å².